The van der Waals surface area contributed by atoms with E-state index in [1.54, 1.807) is 12.4 Å². The summed E-state index contributed by atoms with van der Waals surface area (Å²) in [7, 11) is 1.94. The third-order valence-electron chi connectivity index (χ3n) is 2.67. The number of aryl methyl sites for hydroxylation is 1. The van der Waals surface area contributed by atoms with E-state index in [4.69, 9.17) is 0 Å². The predicted octanol–water partition coefficient (Wildman–Crippen LogP) is 1.61. The molecule has 4 nitrogen and oxygen atoms in total. The highest BCUT2D eigenvalue weighted by atomic mass is 15.1. The normalized spacial score (nSPS) is 12.6. The van der Waals surface area contributed by atoms with Gasteiger partial charge in [0.05, 0.1) is 6.04 Å². The topological polar surface area (TPSA) is 42.7 Å². The Kier molecular flexibility index (Phi) is 3.31. The number of aromatic nitrogens is 3. The van der Waals surface area contributed by atoms with E-state index < -0.39 is 0 Å². The molecule has 0 aliphatic rings. The van der Waals surface area contributed by atoms with Crippen molar-refractivity contribution in [2.24, 2.45) is 0 Å². The number of hydrogen-bond acceptors (Lipinski definition) is 3. The molecule has 0 spiro atoms. The Labute approximate surface area is 95.4 Å². The van der Waals surface area contributed by atoms with Crippen LogP contribution in [0.25, 0.3) is 0 Å². The van der Waals surface area contributed by atoms with Gasteiger partial charge in [0.2, 0.25) is 0 Å². The highest BCUT2D eigenvalue weighted by Gasteiger charge is 2.16. The molecule has 2 heterocycles. The maximum absolute atomic E-state index is 4.41. The van der Waals surface area contributed by atoms with E-state index in [1.807, 2.05) is 31.6 Å². The molecule has 0 aliphatic heterocycles. The van der Waals surface area contributed by atoms with Gasteiger partial charge in [-0.2, -0.15) is 0 Å². The van der Waals surface area contributed by atoms with Gasteiger partial charge in [-0.05, 0) is 31.7 Å². The van der Waals surface area contributed by atoms with Crippen molar-refractivity contribution in [3.05, 3.63) is 48.3 Å². The first-order valence-corrected chi connectivity index (χ1v) is 5.45. The smallest absolute Gasteiger partial charge is 0.130 e. The maximum Gasteiger partial charge on any atom is 0.130 e. The Morgan fingerprint density at radius 2 is 2.06 bits per heavy atom. The first-order valence-electron chi connectivity index (χ1n) is 5.45. The van der Waals surface area contributed by atoms with Crippen molar-refractivity contribution in [2.75, 3.05) is 7.05 Å². The molecule has 0 amide bonds. The molecule has 2 rings (SSSR count). The number of nitrogens with one attached hydrogen (secondary N) is 1. The zero-order chi connectivity index (χ0) is 11.4. The Morgan fingerprint density at radius 3 is 2.69 bits per heavy atom. The fourth-order valence-electron chi connectivity index (χ4n) is 1.85. The molecule has 4 heteroatoms. The van der Waals surface area contributed by atoms with Crippen LogP contribution < -0.4 is 5.32 Å². The quantitative estimate of drug-likeness (QED) is 0.844. The number of pyridine rings is 1. The minimum Gasteiger partial charge on any atom is -0.334 e. The molecule has 1 unspecified atom stereocenters. The number of nitrogens with zero attached hydrogens (tertiary/aromatic N) is 3. The molecule has 0 saturated carbocycles. The van der Waals surface area contributed by atoms with Crippen LogP contribution in [0.5, 0.6) is 0 Å². The lowest BCUT2D eigenvalue weighted by atomic mass is 10.1. The molecule has 2 aromatic heterocycles. The molecule has 1 atom stereocenters. The largest absolute Gasteiger partial charge is 0.334 e. The Hall–Kier alpha value is -1.68. The van der Waals surface area contributed by atoms with Crippen LogP contribution in [0.4, 0.5) is 0 Å². The van der Waals surface area contributed by atoms with Gasteiger partial charge in [-0.3, -0.25) is 4.98 Å². The fourth-order valence-corrected chi connectivity index (χ4v) is 1.85. The van der Waals surface area contributed by atoms with Crippen LogP contribution in [0.1, 0.15) is 24.4 Å². The van der Waals surface area contributed by atoms with Gasteiger partial charge >= 0.3 is 0 Å². The molecule has 1 N–H and O–H groups in total. The van der Waals surface area contributed by atoms with Gasteiger partial charge in [0.15, 0.2) is 0 Å². The van der Waals surface area contributed by atoms with Crippen LogP contribution in [0.3, 0.4) is 0 Å². The van der Waals surface area contributed by atoms with Gasteiger partial charge in [0.25, 0.3) is 0 Å². The Bertz CT molecular complexity index is 435. The van der Waals surface area contributed by atoms with Crippen LogP contribution >= 0.6 is 0 Å². The second-order valence-corrected chi connectivity index (χ2v) is 3.57. The molecule has 0 bridgehead atoms. The van der Waals surface area contributed by atoms with E-state index in [9.17, 15) is 0 Å². The third-order valence-corrected chi connectivity index (χ3v) is 2.67. The average molecular weight is 216 g/mol. The first kappa shape index (κ1) is 10.8. The standard InChI is InChI=1S/C12H16N4/c1-3-16-9-8-15-12(16)11(13-2)10-4-6-14-7-5-10/h4-9,11,13H,3H2,1-2H3. The molecule has 0 fully saturated rings. The Balaban J connectivity index is 2.37. The molecule has 84 valence electrons. The second kappa shape index (κ2) is 4.90. The van der Waals surface area contributed by atoms with Crippen LogP contribution in [-0.2, 0) is 6.54 Å². The Morgan fingerprint density at radius 1 is 1.31 bits per heavy atom. The van der Waals surface area contributed by atoms with Gasteiger partial charge in [0, 0.05) is 31.3 Å². The minimum atomic E-state index is 0.123. The molecular weight excluding hydrogens is 200 g/mol. The number of imidazole rings is 1. The fraction of sp³-hybridized carbons (Fsp3) is 0.333. The highest BCUT2D eigenvalue weighted by Crippen LogP contribution is 2.19. The van der Waals surface area contributed by atoms with E-state index in [2.05, 4.69) is 26.8 Å². The third kappa shape index (κ3) is 1.97. The predicted molar refractivity (Wildman–Crippen MR) is 63.0 cm³/mol. The second-order valence-electron chi connectivity index (χ2n) is 3.57. The van der Waals surface area contributed by atoms with Crippen LogP contribution in [0, 0.1) is 0 Å². The summed E-state index contributed by atoms with van der Waals surface area (Å²) in [5.74, 6) is 1.04. The van der Waals surface area contributed by atoms with Crippen molar-refractivity contribution in [1.29, 1.82) is 0 Å². The molecule has 0 saturated heterocycles. The summed E-state index contributed by atoms with van der Waals surface area (Å²) in [4.78, 5) is 8.45. The molecule has 16 heavy (non-hydrogen) atoms. The van der Waals surface area contributed by atoms with Crippen molar-refractivity contribution in [3.63, 3.8) is 0 Å². The van der Waals surface area contributed by atoms with Crippen LogP contribution in [0.15, 0.2) is 36.9 Å². The lowest BCUT2D eigenvalue weighted by molar-refractivity contribution is 0.590. The summed E-state index contributed by atoms with van der Waals surface area (Å²) in [5, 5.41) is 3.28. The maximum atomic E-state index is 4.41. The van der Waals surface area contributed by atoms with E-state index >= 15 is 0 Å². The first-order chi connectivity index (χ1) is 7.86. The van der Waals surface area contributed by atoms with Gasteiger partial charge < -0.3 is 9.88 Å². The van der Waals surface area contributed by atoms with Crippen molar-refractivity contribution in [3.8, 4) is 0 Å². The molecule has 0 aromatic carbocycles. The monoisotopic (exact) mass is 216 g/mol. The van der Waals surface area contributed by atoms with Crippen LogP contribution in [-0.4, -0.2) is 21.6 Å². The van der Waals surface area contributed by atoms with Gasteiger partial charge in [-0.1, -0.05) is 0 Å². The van der Waals surface area contributed by atoms with Gasteiger partial charge in [-0.25, -0.2) is 4.98 Å². The van der Waals surface area contributed by atoms with E-state index in [0.29, 0.717) is 0 Å². The van der Waals surface area contributed by atoms with Crippen molar-refractivity contribution < 1.29 is 0 Å². The SMILES string of the molecule is CCn1ccnc1C(NC)c1ccncc1. The zero-order valence-electron chi connectivity index (χ0n) is 9.59. The number of rotatable bonds is 4. The van der Waals surface area contributed by atoms with E-state index in [0.717, 1.165) is 12.4 Å². The molecule has 0 aliphatic carbocycles. The lowest BCUT2D eigenvalue weighted by Crippen LogP contribution is -2.21. The summed E-state index contributed by atoms with van der Waals surface area (Å²) in [5.41, 5.74) is 1.18. The summed E-state index contributed by atoms with van der Waals surface area (Å²) >= 11 is 0. The van der Waals surface area contributed by atoms with Crippen LogP contribution in [0.2, 0.25) is 0 Å². The molecular formula is C12H16N4. The molecule has 0 radical (unpaired) electrons. The molecule has 2 aromatic rings. The van der Waals surface area contributed by atoms with Crippen molar-refractivity contribution >= 4 is 0 Å². The average Bonchev–Trinajstić information content (AvgIpc) is 2.80. The summed E-state index contributed by atoms with van der Waals surface area (Å²) in [6.45, 7) is 3.04. The summed E-state index contributed by atoms with van der Waals surface area (Å²) in [6, 6.07) is 4.14. The summed E-state index contributed by atoms with van der Waals surface area (Å²) < 4.78 is 2.14. The van der Waals surface area contributed by atoms with Gasteiger partial charge in [0.1, 0.15) is 5.82 Å². The van der Waals surface area contributed by atoms with Crippen molar-refractivity contribution in [1.82, 2.24) is 19.9 Å². The van der Waals surface area contributed by atoms with Gasteiger partial charge in [-0.15, -0.1) is 0 Å². The number of hydrogen-bond donors (Lipinski definition) is 1. The zero-order valence-corrected chi connectivity index (χ0v) is 9.59. The van der Waals surface area contributed by atoms with E-state index in [1.165, 1.54) is 5.56 Å². The van der Waals surface area contributed by atoms with Crippen molar-refractivity contribution in [2.45, 2.75) is 19.5 Å². The highest BCUT2D eigenvalue weighted by molar-refractivity contribution is 5.22. The lowest BCUT2D eigenvalue weighted by Gasteiger charge is -2.17. The minimum absolute atomic E-state index is 0.123. The summed E-state index contributed by atoms with van der Waals surface area (Å²) in [6.07, 6.45) is 7.45. The van der Waals surface area contributed by atoms with E-state index in [-0.39, 0.29) is 6.04 Å².